The first-order valence-electron chi connectivity index (χ1n) is 6.17. The van der Waals surface area contributed by atoms with Crippen molar-refractivity contribution in [2.45, 2.75) is 31.8 Å². The predicted octanol–water partition coefficient (Wildman–Crippen LogP) is 3.97. The third-order valence-corrected chi connectivity index (χ3v) is 2.17. The highest BCUT2D eigenvalue weighted by Crippen LogP contribution is 2.22. The van der Waals surface area contributed by atoms with Gasteiger partial charge in [0.05, 0.1) is 12.2 Å². The van der Waals surface area contributed by atoms with Crippen molar-refractivity contribution in [3.05, 3.63) is 35.9 Å². The summed E-state index contributed by atoms with van der Waals surface area (Å²) < 4.78 is 48.0. The van der Waals surface area contributed by atoms with Gasteiger partial charge in [-0.25, -0.2) is 4.79 Å². The first-order valence-corrected chi connectivity index (χ1v) is 5.59. The van der Waals surface area contributed by atoms with Crippen LogP contribution in [0.2, 0.25) is 0 Å². The Labute approximate surface area is 105 Å². The summed E-state index contributed by atoms with van der Waals surface area (Å²) in [6.45, 7) is 0.0287. The minimum absolute atomic E-state index is 0.0287. The van der Waals surface area contributed by atoms with Gasteiger partial charge in [-0.3, -0.25) is 0 Å². The van der Waals surface area contributed by atoms with Crippen LogP contribution in [0.3, 0.4) is 0 Å². The topological polar surface area (TPSA) is 26.3 Å². The molecule has 1 aromatic rings. The standard InChI is InChI=1S/C13H15F3O2/c14-13(15,16)9-5-2-6-10-18-12(17)11-7-3-1-4-8-11/h1,3-4,7-8H,2,5-6,9-10H2/i5D. The van der Waals surface area contributed by atoms with Crippen molar-refractivity contribution >= 4 is 5.97 Å². The lowest BCUT2D eigenvalue weighted by molar-refractivity contribution is -0.135. The lowest BCUT2D eigenvalue weighted by Gasteiger charge is -2.06. The van der Waals surface area contributed by atoms with E-state index in [9.17, 15) is 18.0 Å². The summed E-state index contributed by atoms with van der Waals surface area (Å²) in [5, 5.41) is 0. The Morgan fingerprint density at radius 1 is 1.22 bits per heavy atom. The van der Waals surface area contributed by atoms with Crippen LogP contribution in [0.15, 0.2) is 30.3 Å². The molecule has 0 aromatic heterocycles. The van der Waals surface area contributed by atoms with Crippen LogP contribution < -0.4 is 0 Å². The van der Waals surface area contributed by atoms with Gasteiger partial charge in [0, 0.05) is 7.79 Å². The summed E-state index contributed by atoms with van der Waals surface area (Å²) in [5.41, 5.74) is 0.403. The predicted molar refractivity (Wildman–Crippen MR) is 61.2 cm³/mol. The van der Waals surface area contributed by atoms with Crippen LogP contribution in [0.5, 0.6) is 0 Å². The van der Waals surface area contributed by atoms with Crippen molar-refractivity contribution < 1.29 is 24.1 Å². The molecule has 0 saturated heterocycles. The molecule has 0 bridgehead atoms. The SMILES string of the molecule is [2H]C(CCCOC(=O)c1ccccc1)CC(F)(F)F. The molecule has 1 unspecified atom stereocenters. The summed E-state index contributed by atoms with van der Waals surface area (Å²) in [6, 6.07) is 8.34. The Bertz CT molecular complexity index is 393. The lowest BCUT2D eigenvalue weighted by Crippen LogP contribution is -2.08. The van der Waals surface area contributed by atoms with Gasteiger partial charge in [-0.05, 0) is 31.4 Å². The zero-order chi connectivity index (χ0) is 14.3. The van der Waals surface area contributed by atoms with E-state index in [0.717, 1.165) is 0 Å². The minimum Gasteiger partial charge on any atom is -0.462 e. The number of benzene rings is 1. The molecule has 0 aliphatic heterocycles. The molecule has 1 atom stereocenters. The van der Waals surface area contributed by atoms with Crippen molar-refractivity contribution in [3.8, 4) is 0 Å². The molecular formula is C13H15F3O2. The third kappa shape index (κ3) is 6.27. The Balaban J connectivity index is 2.19. The van der Waals surface area contributed by atoms with Gasteiger partial charge >= 0.3 is 12.1 Å². The highest BCUT2D eigenvalue weighted by molar-refractivity contribution is 5.89. The number of esters is 1. The second-order valence-corrected chi connectivity index (χ2v) is 3.75. The van der Waals surface area contributed by atoms with Crippen molar-refractivity contribution in [1.82, 2.24) is 0 Å². The summed E-state index contributed by atoms with van der Waals surface area (Å²) >= 11 is 0. The highest BCUT2D eigenvalue weighted by Gasteiger charge is 2.25. The fourth-order valence-electron chi connectivity index (χ4n) is 1.32. The molecule has 0 spiro atoms. The molecule has 0 fully saturated rings. The average molecular weight is 261 g/mol. The van der Waals surface area contributed by atoms with Crippen molar-refractivity contribution in [2.75, 3.05) is 6.61 Å². The van der Waals surface area contributed by atoms with Crippen LogP contribution in [0, 0.1) is 0 Å². The lowest BCUT2D eigenvalue weighted by atomic mass is 10.2. The Kier molecular flexibility index (Phi) is 5.05. The highest BCUT2D eigenvalue weighted by atomic mass is 19.4. The molecular weight excluding hydrogens is 245 g/mol. The van der Waals surface area contributed by atoms with Crippen LogP contribution >= 0.6 is 0 Å². The van der Waals surface area contributed by atoms with E-state index in [1.165, 1.54) is 0 Å². The van der Waals surface area contributed by atoms with Gasteiger partial charge in [-0.1, -0.05) is 18.2 Å². The van der Waals surface area contributed by atoms with E-state index >= 15 is 0 Å². The molecule has 0 saturated carbocycles. The molecule has 18 heavy (non-hydrogen) atoms. The largest absolute Gasteiger partial charge is 0.462 e. The fourth-order valence-corrected chi connectivity index (χ4v) is 1.32. The van der Waals surface area contributed by atoms with E-state index < -0.39 is 25.0 Å². The van der Waals surface area contributed by atoms with Gasteiger partial charge in [0.1, 0.15) is 0 Å². The summed E-state index contributed by atoms with van der Waals surface area (Å²) in [4.78, 5) is 11.5. The zero-order valence-electron chi connectivity index (χ0n) is 10.7. The summed E-state index contributed by atoms with van der Waals surface area (Å²) in [5.74, 6) is -0.502. The number of halogens is 3. The fraction of sp³-hybridized carbons (Fsp3) is 0.462. The van der Waals surface area contributed by atoms with Crippen LogP contribution in [-0.4, -0.2) is 18.8 Å². The van der Waals surface area contributed by atoms with E-state index in [1.807, 2.05) is 0 Å². The van der Waals surface area contributed by atoms with Gasteiger partial charge in [0.25, 0.3) is 0 Å². The van der Waals surface area contributed by atoms with Gasteiger partial charge < -0.3 is 4.74 Å². The Morgan fingerprint density at radius 2 is 1.89 bits per heavy atom. The molecule has 1 rings (SSSR count). The monoisotopic (exact) mass is 261 g/mol. The number of carbonyl (C=O) groups excluding carboxylic acids is 1. The molecule has 0 aliphatic rings. The minimum atomic E-state index is -4.31. The molecule has 0 heterocycles. The van der Waals surface area contributed by atoms with E-state index in [2.05, 4.69) is 0 Å². The maximum Gasteiger partial charge on any atom is 0.389 e. The first kappa shape index (κ1) is 12.9. The van der Waals surface area contributed by atoms with Crippen LogP contribution in [-0.2, 0) is 4.74 Å². The number of carbonyl (C=O) groups is 1. The van der Waals surface area contributed by atoms with Crippen LogP contribution in [0.25, 0.3) is 0 Å². The average Bonchev–Trinajstić information content (AvgIpc) is 2.33. The number of ether oxygens (including phenoxy) is 1. The molecule has 0 amide bonds. The smallest absolute Gasteiger partial charge is 0.389 e. The zero-order valence-corrected chi connectivity index (χ0v) is 9.74. The van der Waals surface area contributed by atoms with Gasteiger partial charge in [0.15, 0.2) is 0 Å². The van der Waals surface area contributed by atoms with Gasteiger partial charge in [-0.15, -0.1) is 0 Å². The van der Waals surface area contributed by atoms with E-state index in [-0.39, 0.29) is 19.4 Å². The summed E-state index contributed by atoms with van der Waals surface area (Å²) in [7, 11) is 0. The molecule has 5 heteroatoms. The van der Waals surface area contributed by atoms with Crippen LogP contribution in [0.1, 0.15) is 37.4 Å². The van der Waals surface area contributed by atoms with Crippen LogP contribution in [0.4, 0.5) is 13.2 Å². The summed E-state index contributed by atoms with van der Waals surface area (Å²) in [6.07, 6.45) is -6.33. The molecule has 100 valence electrons. The van der Waals surface area contributed by atoms with Crippen molar-refractivity contribution in [1.29, 1.82) is 0 Å². The van der Waals surface area contributed by atoms with E-state index in [4.69, 9.17) is 6.11 Å². The number of alkyl halides is 3. The first-order chi connectivity index (χ1) is 8.88. The normalized spacial score (nSPS) is 13.8. The van der Waals surface area contributed by atoms with Crippen molar-refractivity contribution in [3.63, 3.8) is 0 Å². The molecule has 0 radical (unpaired) electrons. The van der Waals surface area contributed by atoms with E-state index in [0.29, 0.717) is 5.56 Å². The quantitative estimate of drug-likeness (QED) is 0.572. The molecule has 2 nitrogen and oxygen atoms in total. The Morgan fingerprint density at radius 3 is 2.50 bits per heavy atom. The third-order valence-electron chi connectivity index (χ3n) is 2.17. The second-order valence-electron chi connectivity index (χ2n) is 3.75. The number of hydrogen-bond donors (Lipinski definition) is 0. The molecule has 1 aromatic carbocycles. The second kappa shape index (κ2) is 7.03. The van der Waals surface area contributed by atoms with Crippen molar-refractivity contribution in [2.24, 2.45) is 0 Å². The number of rotatable bonds is 6. The molecule has 0 aliphatic carbocycles. The maximum absolute atomic E-state index is 12.0. The van der Waals surface area contributed by atoms with Gasteiger partial charge in [0.2, 0.25) is 0 Å². The van der Waals surface area contributed by atoms with Gasteiger partial charge in [-0.2, -0.15) is 13.2 Å². The maximum atomic E-state index is 12.0. The number of hydrogen-bond acceptors (Lipinski definition) is 2. The van der Waals surface area contributed by atoms with E-state index in [1.54, 1.807) is 30.3 Å². The molecule has 0 N–H and O–H groups in total. The Hall–Kier alpha value is -1.52.